The Labute approximate surface area is 174 Å². The van der Waals surface area contributed by atoms with Gasteiger partial charge in [0.2, 0.25) is 21.4 Å². The fraction of sp³-hybridized carbons (Fsp3) is 0.688. The Hall–Kier alpha value is -2.10. The number of nitrogens with zero attached hydrogens (tertiary/aromatic N) is 2. The van der Waals surface area contributed by atoms with Crippen molar-refractivity contribution < 1.29 is 32.5 Å². The lowest BCUT2D eigenvalue weighted by Crippen LogP contribution is -2.72. The number of carbonyl (C=O) groups excluding carboxylic acids is 1. The van der Waals surface area contributed by atoms with Crippen LogP contribution in [0.5, 0.6) is 0 Å². The number of aromatic nitrogens is 1. The van der Waals surface area contributed by atoms with Gasteiger partial charge >= 0.3 is 11.9 Å². The minimum absolute atomic E-state index is 0.106. The number of amides is 1. The van der Waals surface area contributed by atoms with Crippen LogP contribution >= 0.6 is 0 Å². The third-order valence-electron chi connectivity index (χ3n) is 4.27. The average Bonchev–Trinajstić information content (AvgIpc) is 3.41. The second-order valence-corrected chi connectivity index (χ2v) is 8.40. The third-order valence-corrected chi connectivity index (χ3v) is 5.74. The van der Waals surface area contributed by atoms with Crippen LogP contribution in [-0.4, -0.2) is 79.6 Å². The van der Waals surface area contributed by atoms with Crippen molar-refractivity contribution in [3.63, 3.8) is 0 Å². The van der Waals surface area contributed by atoms with Crippen molar-refractivity contribution >= 4 is 21.9 Å². The van der Waals surface area contributed by atoms with E-state index < -0.39 is 40.4 Å². The molecule has 1 saturated heterocycles. The van der Waals surface area contributed by atoms with Crippen LogP contribution in [-0.2, 0) is 19.7 Å². The van der Waals surface area contributed by atoms with E-state index in [0.717, 1.165) is 0 Å². The minimum Gasteiger partial charge on any atom is -0.478 e. The summed E-state index contributed by atoms with van der Waals surface area (Å²) in [6.07, 6.45) is 1.62. The molecule has 1 aliphatic heterocycles. The van der Waals surface area contributed by atoms with Crippen LogP contribution in [0.1, 0.15) is 37.2 Å². The molecule has 1 aromatic heterocycles. The Kier molecular flexibility index (Phi) is 8.69. The van der Waals surface area contributed by atoms with Crippen molar-refractivity contribution in [1.29, 1.82) is 0 Å². The number of hydrogen-bond donors (Lipinski definition) is 5. The first-order valence-corrected chi connectivity index (χ1v) is 11.2. The molecule has 1 aliphatic rings. The second kappa shape index (κ2) is 10.8. The molecular formula is C16H28N6O7S. The molecule has 0 aromatic carbocycles. The number of sulfonamides is 1. The predicted molar refractivity (Wildman–Crippen MR) is 104 cm³/mol. The summed E-state index contributed by atoms with van der Waals surface area (Å²) in [6.45, 7) is 3.99. The van der Waals surface area contributed by atoms with Crippen LogP contribution in [0.2, 0.25) is 0 Å². The number of carboxylic acids is 1. The van der Waals surface area contributed by atoms with E-state index in [9.17, 15) is 23.1 Å². The van der Waals surface area contributed by atoms with Crippen LogP contribution < -0.4 is 20.7 Å². The van der Waals surface area contributed by atoms with Crippen LogP contribution in [0.4, 0.5) is 0 Å². The number of hydrogen-bond acceptors (Lipinski definition) is 10. The van der Waals surface area contributed by atoms with E-state index in [4.69, 9.17) is 9.36 Å². The van der Waals surface area contributed by atoms with E-state index in [0.29, 0.717) is 31.0 Å². The van der Waals surface area contributed by atoms with Crippen molar-refractivity contribution in [2.75, 3.05) is 32.0 Å². The molecule has 2 heterocycles. The van der Waals surface area contributed by atoms with E-state index in [1.807, 2.05) is 0 Å². The van der Waals surface area contributed by atoms with Crippen molar-refractivity contribution in [2.24, 2.45) is 0 Å². The Bertz CT molecular complexity index is 797. The van der Waals surface area contributed by atoms with Crippen molar-refractivity contribution in [2.45, 2.75) is 38.6 Å². The summed E-state index contributed by atoms with van der Waals surface area (Å²) in [5.41, 5.74) is -2.49. The molecule has 0 aliphatic carbocycles. The third kappa shape index (κ3) is 5.96. The maximum absolute atomic E-state index is 13.0. The van der Waals surface area contributed by atoms with Crippen LogP contribution in [0.25, 0.3) is 0 Å². The lowest BCUT2D eigenvalue weighted by molar-refractivity contribution is -0.203. The first kappa shape index (κ1) is 24.2. The molecule has 170 valence electrons. The molecule has 1 fully saturated rings. The highest BCUT2D eigenvalue weighted by atomic mass is 32.2. The number of unbranched alkanes of at least 4 members (excludes halogenated alkanes) is 1. The van der Waals surface area contributed by atoms with Gasteiger partial charge in [0.15, 0.2) is 0 Å². The van der Waals surface area contributed by atoms with Gasteiger partial charge in [-0.15, -0.1) is 0 Å². The second-order valence-electron chi connectivity index (χ2n) is 6.56. The summed E-state index contributed by atoms with van der Waals surface area (Å²) in [5.74, 6) is -3.24. The summed E-state index contributed by atoms with van der Waals surface area (Å²) in [6, 6.07) is 1.22. The zero-order chi connectivity index (χ0) is 22.2. The molecule has 2 rings (SSSR count). The summed E-state index contributed by atoms with van der Waals surface area (Å²) >= 11 is 0. The molecule has 14 heteroatoms. The quantitative estimate of drug-likeness (QED) is 0.178. The summed E-state index contributed by atoms with van der Waals surface area (Å²) in [7, 11) is -4.09. The van der Waals surface area contributed by atoms with Crippen LogP contribution in [0.15, 0.2) is 16.8 Å². The molecule has 1 amide bonds. The fourth-order valence-corrected chi connectivity index (χ4v) is 4.32. The first-order valence-electron chi connectivity index (χ1n) is 9.59. The predicted octanol–water partition coefficient (Wildman–Crippen LogP) is -1.37. The Morgan fingerprint density at radius 3 is 2.63 bits per heavy atom. The molecular weight excluding hydrogens is 420 g/mol. The number of aliphatic carboxylic acids is 1. The molecule has 5 N–H and O–H groups in total. The van der Waals surface area contributed by atoms with E-state index >= 15 is 0 Å². The Morgan fingerprint density at radius 1 is 1.40 bits per heavy atom. The first-order chi connectivity index (χ1) is 14.3. The molecule has 0 radical (unpaired) electrons. The molecule has 1 unspecified atom stereocenters. The number of hydroxylamine groups is 2. The van der Waals surface area contributed by atoms with Gasteiger partial charge in [-0.25, -0.2) is 13.2 Å². The van der Waals surface area contributed by atoms with Crippen molar-refractivity contribution in [3.8, 4) is 0 Å². The van der Waals surface area contributed by atoms with Crippen molar-refractivity contribution in [3.05, 3.63) is 18.0 Å². The van der Waals surface area contributed by atoms with Gasteiger partial charge in [-0.3, -0.25) is 25.6 Å². The van der Waals surface area contributed by atoms with E-state index in [1.165, 1.54) is 19.2 Å². The Morgan fingerprint density at radius 2 is 2.10 bits per heavy atom. The highest BCUT2D eigenvalue weighted by Crippen LogP contribution is 2.20. The standard InChI is InChI=1S/C16H28N6O7S/c1-3-5-10-30(26,27)21-16(14(24)25,11-19-15-17-8-9-18-15)22(28-4-2)13(23)12-6-7-20-29-12/h6-7,15,17-19,21H,3-5,8-11H2,1-2H3,(H,24,25). The van der Waals surface area contributed by atoms with E-state index in [1.54, 1.807) is 6.92 Å². The lowest BCUT2D eigenvalue weighted by Gasteiger charge is -2.39. The molecule has 1 atom stereocenters. The zero-order valence-corrected chi connectivity index (χ0v) is 17.7. The molecule has 0 bridgehead atoms. The molecule has 0 spiro atoms. The van der Waals surface area contributed by atoms with Gasteiger partial charge in [0.05, 0.1) is 18.6 Å². The lowest BCUT2D eigenvalue weighted by atomic mass is 10.1. The van der Waals surface area contributed by atoms with Gasteiger partial charge in [-0.05, 0) is 13.3 Å². The Balaban J connectivity index is 2.45. The highest BCUT2D eigenvalue weighted by Gasteiger charge is 2.52. The summed E-state index contributed by atoms with van der Waals surface area (Å²) in [5, 5.41) is 22.9. The maximum atomic E-state index is 13.0. The largest absolute Gasteiger partial charge is 0.478 e. The van der Waals surface area contributed by atoms with Gasteiger partial charge in [-0.2, -0.15) is 9.79 Å². The van der Waals surface area contributed by atoms with Gasteiger partial charge < -0.3 is 9.63 Å². The number of nitrogens with one attached hydrogen (secondary N) is 4. The summed E-state index contributed by atoms with van der Waals surface area (Å²) in [4.78, 5) is 30.7. The molecule has 1 aromatic rings. The fourth-order valence-electron chi connectivity index (χ4n) is 2.79. The van der Waals surface area contributed by atoms with Gasteiger partial charge in [0, 0.05) is 25.7 Å². The maximum Gasteiger partial charge on any atom is 0.349 e. The topological polar surface area (TPSA) is 175 Å². The van der Waals surface area contributed by atoms with Crippen LogP contribution in [0.3, 0.4) is 0 Å². The minimum atomic E-state index is -4.09. The zero-order valence-electron chi connectivity index (χ0n) is 16.9. The SMILES string of the molecule is CCCCS(=O)(=O)NC(CNC1NCCN1)(C(=O)O)N(OCC)C(=O)c1ccno1. The molecule has 0 saturated carbocycles. The number of carbonyl (C=O) groups is 2. The smallest absolute Gasteiger partial charge is 0.349 e. The van der Waals surface area contributed by atoms with Gasteiger partial charge in [-0.1, -0.05) is 18.5 Å². The normalized spacial score (nSPS) is 17.0. The monoisotopic (exact) mass is 448 g/mol. The van der Waals surface area contributed by atoms with E-state index in [-0.39, 0.29) is 18.1 Å². The van der Waals surface area contributed by atoms with Gasteiger partial charge in [0.25, 0.3) is 0 Å². The van der Waals surface area contributed by atoms with Gasteiger partial charge in [0.1, 0.15) is 6.29 Å². The molecule has 13 nitrogen and oxygen atoms in total. The number of rotatable bonds is 13. The summed E-state index contributed by atoms with van der Waals surface area (Å²) < 4.78 is 32.3. The molecule has 30 heavy (non-hydrogen) atoms. The highest BCUT2D eigenvalue weighted by molar-refractivity contribution is 7.89. The average molecular weight is 449 g/mol. The number of carboxylic acid groups (broad SMARTS) is 1. The van der Waals surface area contributed by atoms with Crippen molar-refractivity contribution in [1.82, 2.24) is 30.9 Å². The van der Waals surface area contributed by atoms with E-state index in [2.05, 4.69) is 25.8 Å². The van der Waals surface area contributed by atoms with Crippen LogP contribution in [0, 0.1) is 0 Å².